The Morgan fingerprint density at radius 2 is 2.19 bits per heavy atom. The number of thioether (sulfide) groups is 1. The van der Waals surface area contributed by atoms with Crippen LogP contribution in [-0.2, 0) is 4.74 Å². The van der Waals surface area contributed by atoms with Crippen molar-refractivity contribution in [2.45, 2.75) is 51.2 Å². The fourth-order valence-electron chi connectivity index (χ4n) is 2.97. The zero-order chi connectivity index (χ0) is 11.2. The Hall–Kier alpha value is 0.270. The van der Waals surface area contributed by atoms with E-state index >= 15 is 0 Å². The van der Waals surface area contributed by atoms with Crippen LogP contribution in [0.15, 0.2) is 0 Å². The second-order valence-electron chi connectivity index (χ2n) is 5.03. The molecule has 16 heavy (non-hydrogen) atoms. The van der Waals surface area contributed by atoms with Crippen LogP contribution in [-0.4, -0.2) is 36.8 Å². The van der Waals surface area contributed by atoms with Crippen LogP contribution >= 0.6 is 11.8 Å². The molecule has 1 N–H and O–H groups in total. The predicted molar refractivity (Wildman–Crippen MR) is 71.1 cm³/mol. The van der Waals surface area contributed by atoms with Gasteiger partial charge in [-0.05, 0) is 18.9 Å². The molecule has 1 aliphatic heterocycles. The summed E-state index contributed by atoms with van der Waals surface area (Å²) in [5.74, 6) is 3.32. The summed E-state index contributed by atoms with van der Waals surface area (Å²) in [4.78, 5) is 0. The van der Waals surface area contributed by atoms with Gasteiger partial charge >= 0.3 is 0 Å². The lowest BCUT2D eigenvalue weighted by atomic mass is 9.95. The van der Waals surface area contributed by atoms with Gasteiger partial charge in [-0.25, -0.2) is 0 Å². The summed E-state index contributed by atoms with van der Waals surface area (Å²) >= 11 is 2.05. The lowest BCUT2D eigenvalue weighted by Crippen LogP contribution is -2.45. The van der Waals surface area contributed by atoms with E-state index in [0.717, 1.165) is 19.1 Å². The van der Waals surface area contributed by atoms with Crippen molar-refractivity contribution in [3.63, 3.8) is 0 Å². The Morgan fingerprint density at radius 3 is 2.81 bits per heavy atom. The normalized spacial score (nSPS) is 29.4. The molecule has 2 rings (SSSR count). The largest absolute Gasteiger partial charge is 0.375 e. The molecule has 94 valence electrons. The number of rotatable bonds is 5. The highest BCUT2D eigenvalue weighted by Crippen LogP contribution is 2.30. The smallest absolute Gasteiger partial charge is 0.0818 e. The van der Waals surface area contributed by atoms with Gasteiger partial charge in [-0.2, -0.15) is 11.8 Å². The highest BCUT2D eigenvalue weighted by atomic mass is 32.2. The van der Waals surface area contributed by atoms with Crippen molar-refractivity contribution in [3.05, 3.63) is 0 Å². The fraction of sp³-hybridized carbons (Fsp3) is 1.00. The molecule has 1 heterocycles. The van der Waals surface area contributed by atoms with Crippen LogP contribution < -0.4 is 5.32 Å². The van der Waals surface area contributed by atoms with Crippen molar-refractivity contribution in [3.8, 4) is 0 Å². The van der Waals surface area contributed by atoms with E-state index in [9.17, 15) is 0 Å². The summed E-state index contributed by atoms with van der Waals surface area (Å²) < 4.78 is 5.92. The Labute approximate surface area is 104 Å². The Bertz CT molecular complexity index is 188. The van der Waals surface area contributed by atoms with Gasteiger partial charge in [0.15, 0.2) is 0 Å². The Balaban J connectivity index is 1.82. The SMILES string of the molecule is CCNC(CC1CCCC1)C1CSCCO1. The Morgan fingerprint density at radius 1 is 1.38 bits per heavy atom. The third-order valence-electron chi connectivity index (χ3n) is 3.82. The van der Waals surface area contributed by atoms with Crippen molar-refractivity contribution in [2.24, 2.45) is 5.92 Å². The van der Waals surface area contributed by atoms with Crippen molar-refractivity contribution in [1.82, 2.24) is 5.32 Å². The van der Waals surface area contributed by atoms with Crippen LogP contribution in [0.1, 0.15) is 39.0 Å². The molecule has 1 saturated carbocycles. The average Bonchev–Trinajstić information content (AvgIpc) is 2.83. The highest BCUT2D eigenvalue weighted by molar-refractivity contribution is 7.99. The van der Waals surface area contributed by atoms with Gasteiger partial charge in [0.25, 0.3) is 0 Å². The topological polar surface area (TPSA) is 21.3 Å². The van der Waals surface area contributed by atoms with Crippen molar-refractivity contribution in [1.29, 1.82) is 0 Å². The molecule has 3 heteroatoms. The second-order valence-corrected chi connectivity index (χ2v) is 6.18. The highest BCUT2D eigenvalue weighted by Gasteiger charge is 2.27. The monoisotopic (exact) mass is 243 g/mol. The molecule has 2 nitrogen and oxygen atoms in total. The minimum atomic E-state index is 0.458. The maximum Gasteiger partial charge on any atom is 0.0818 e. The Kier molecular flexibility index (Phi) is 5.46. The summed E-state index contributed by atoms with van der Waals surface area (Å²) in [5, 5.41) is 3.64. The first-order valence-electron chi connectivity index (χ1n) is 6.83. The standard InChI is InChI=1S/C13H25NOS/c1-2-14-12(9-11-5-3-4-6-11)13-10-16-8-7-15-13/h11-14H,2-10H2,1H3. The van der Waals surface area contributed by atoms with E-state index in [1.165, 1.54) is 43.6 Å². The molecule has 0 bridgehead atoms. The molecular weight excluding hydrogens is 218 g/mol. The van der Waals surface area contributed by atoms with Crippen molar-refractivity contribution < 1.29 is 4.74 Å². The van der Waals surface area contributed by atoms with E-state index in [-0.39, 0.29) is 0 Å². The van der Waals surface area contributed by atoms with Crippen LogP contribution in [0.5, 0.6) is 0 Å². The quantitative estimate of drug-likeness (QED) is 0.802. The number of hydrogen-bond donors (Lipinski definition) is 1. The summed E-state index contributed by atoms with van der Waals surface area (Å²) in [6.45, 7) is 4.22. The third-order valence-corrected chi connectivity index (χ3v) is 4.84. The van der Waals surface area contributed by atoms with Gasteiger partial charge in [0.05, 0.1) is 12.7 Å². The first kappa shape index (κ1) is 12.7. The number of ether oxygens (including phenoxy) is 1. The minimum Gasteiger partial charge on any atom is -0.375 e. The second kappa shape index (κ2) is 6.87. The van der Waals surface area contributed by atoms with E-state index in [4.69, 9.17) is 4.74 Å². The number of hydrogen-bond acceptors (Lipinski definition) is 3. The lowest BCUT2D eigenvalue weighted by molar-refractivity contribution is 0.0408. The van der Waals surface area contributed by atoms with Gasteiger partial charge in [-0.1, -0.05) is 32.6 Å². The van der Waals surface area contributed by atoms with Crippen LogP contribution in [0.25, 0.3) is 0 Å². The van der Waals surface area contributed by atoms with Crippen molar-refractivity contribution >= 4 is 11.8 Å². The van der Waals surface area contributed by atoms with E-state index < -0.39 is 0 Å². The number of nitrogens with one attached hydrogen (secondary N) is 1. The summed E-state index contributed by atoms with van der Waals surface area (Å²) in [6.07, 6.45) is 7.58. The van der Waals surface area contributed by atoms with Crippen LogP contribution in [0.3, 0.4) is 0 Å². The molecule has 0 aromatic heterocycles. The molecule has 1 aliphatic carbocycles. The van der Waals surface area contributed by atoms with Crippen LogP contribution in [0.4, 0.5) is 0 Å². The number of likely N-dealkylation sites (N-methyl/N-ethyl adjacent to an activating group) is 1. The molecular formula is C13H25NOS. The molecule has 0 radical (unpaired) electrons. The lowest BCUT2D eigenvalue weighted by Gasteiger charge is -2.32. The van der Waals surface area contributed by atoms with Gasteiger partial charge in [0, 0.05) is 17.5 Å². The summed E-state index contributed by atoms with van der Waals surface area (Å²) in [6, 6.07) is 0.598. The van der Waals surface area contributed by atoms with Gasteiger partial charge < -0.3 is 10.1 Å². The van der Waals surface area contributed by atoms with E-state index in [1.807, 2.05) is 0 Å². The van der Waals surface area contributed by atoms with Crippen molar-refractivity contribution in [2.75, 3.05) is 24.7 Å². The summed E-state index contributed by atoms with van der Waals surface area (Å²) in [5.41, 5.74) is 0. The zero-order valence-electron chi connectivity index (χ0n) is 10.4. The van der Waals surface area contributed by atoms with Crippen LogP contribution in [0.2, 0.25) is 0 Å². The zero-order valence-corrected chi connectivity index (χ0v) is 11.2. The first-order valence-corrected chi connectivity index (χ1v) is 7.98. The maximum absolute atomic E-state index is 5.92. The predicted octanol–water partition coefficient (Wildman–Crippen LogP) is 2.68. The molecule has 0 aromatic rings. The van der Waals surface area contributed by atoms with Gasteiger partial charge in [-0.3, -0.25) is 0 Å². The fourth-order valence-corrected chi connectivity index (χ4v) is 3.91. The van der Waals surface area contributed by atoms with Gasteiger partial charge in [0.1, 0.15) is 0 Å². The van der Waals surface area contributed by atoms with Gasteiger partial charge in [0.2, 0.25) is 0 Å². The summed E-state index contributed by atoms with van der Waals surface area (Å²) in [7, 11) is 0. The van der Waals surface area contributed by atoms with E-state index in [2.05, 4.69) is 24.0 Å². The molecule has 0 amide bonds. The molecule has 0 spiro atoms. The first-order chi connectivity index (χ1) is 7.90. The molecule has 2 atom stereocenters. The third kappa shape index (κ3) is 3.64. The molecule has 2 unspecified atom stereocenters. The molecule has 1 saturated heterocycles. The average molecular weight is 243 g/mol. The minimum absolute atomic E-state index is 0.458. The molecule has 2 aliphatic rings. The van der Waals surface area contributed by atoms with Crippen LogP contribution in [0, 0.1) is 5.92 Å². The van der Waals surface area contributed by atoms with E-state index in [0.29, 0.717) is 12.1 Å². The molecule has 0 aromatic carbocycles. The molecule has 2 fully saturated rings. The maximum atomic E-state index is 5.92. The van der Waals surface area contributed by atoms with Gasteiger partial charge in [-0.15, -0.1) is 0 Å². The van der Waals surface area contributed by atoms with E-state index in [1.54, 1.807) is 0 Å².